The summed E-state index contributed by atoms with van der Waals surface area (Å²) in [6.07, 6.45) is 0.668. The summed E-state index contributed by atoms with van der Waals surface area (Å²) in [5.74, 6) is -1.51. The Kier molecular flexibility index (Phi) is 14.8. The van der Waals surface area contributed by atoms with E-state index >= 15 is 0 Å². The number of carbonyl (C=O) groups excluding carboxylic acids is 4. The van der Waals surface area contributed by atoms with E-state index in [4.69, 9.17) is 9.47 Å². The molecule has 3 amide bonds. The molecule has 48 heavy (non-hydrogen) atoms. The molecule has 10 nitrogen and oxygen atoms in total. The maximum atomic E-state index is 14.6. The molecule has 0 spiro atoms. The van der Waals surface area contributed by atoms with E-state index in [0.717, 1.165) is 12.0 Å². The second-order valence-electron chi connectivity index (χ2n) is 14.7. The van der Waals surface area contributed by atoms with E-state index in [-0.39, 0.29) is 17.9 Å². The molecule has 0 saturated carbocycles. The van der Waals surface area contributed by atoms with Crippen molar-refractivity contribution in [2.75, 3.05) is 5.75 Å². The molecule has 4 atom stereocenters. The van der Waals surface area contributed by atoms with Gasteiger partial charge in [-0.15, -0.1) is 0 Å². The van der Waals surface area contributed by atoms with Crippen molar-refractivity contribution in [1.29, 1.82) is 0 Å². The SMILES string of the molecule is Cc1cc(C(C(=O)NC(Cc2ccccc2)C(=O)OC(C)(C)C)N(C(=O)C(CS)NC(=O)OC(C)(C)C)C(C)CCC(C)C)ccc1O. The topological polar surface area (TPSA) is 134 Å². The van der Waals surface area contributed by atoms with Gasteiger partial charge in [0.05, 0.1) is 0 Å². The van der Waals surface area contributed by atoms with Crippen molar-refractivity contribution in [3.8, 4) is 5.75 Å². The Morgan fingerprint density at radius 1 is 0.854 bits per heavy atom. The maximum absolute atomic E-state index is 14.6. The van der Waals surface area contributed by atoms with Gasteiger partial charge in [0.2, 0.25) is 11.8 Å². The standard InChI is InChI=1S/C37H55N3O7S/c1-23(2)16-17-25(4)40(33(43)29(22-48)39-35(45)47-37(8,9)10)31(27-18-19-30(41)24(3)20-27)32(42)38-28(34(44)46-36(5,6)7)21-26-14-12-11-13-15-26/h11-15,18-20,23,25,28-29,31,41,48H,16-17,21-22H2,1-10H3,(H,38,42)(H,39,45). The number of amides is 3. The molecule has 0 saturated heterocycles. The number of nitrogens with zero attached hydrogens (tertiary/aromatic N) is 1. The average molecular weight is 686 g/mol. The van der Waals surface area contributed by atoms with Gasteiger partial charge < -0.3 is 30.1 Å². The molecule has 0 aliphatic carbocycles. The monoisotopic (exact) mass is 685 g/mol. The minimum absolute atomic E-state index is 0.0270. The maximum Gasteiger partial charge on any atom is 0.408 e. The lowest BCUT2D eigenvalue weighted by Gasteiger charge is -2.39. The number of carbonyl (C=O) groups is 4. The molecule has 0 bridgehead atoms. The smallest absolute Gasteiger partial charge is 0.408 e. The first-order chi connectivity index (χ1) is 22.2. The van der Waals surface area contributed by atoms with Crippen LogP contribution in [0.15, 0.2) is 48.5 Å². The predicted octanol–water partition coefficient (Wildman–Crippen LogP) is 6.29. The predicted molar refractivity (Wildman–Crippen MR) is 191 cm³/mol. The number of hydrogen-bond donors (Lipinski definition) is 4. The highest BCUT2D eigenvalue weighted by Gasteiger charge is 2.40. The second kappa shape index (κ2) is 17.6. The Labute approximate surface area is 291 Å². The molecule has 0 aliphatic rings. The summed E-state index contributed by atoms with van der Waals surface area (Å²) in [7, 11) is 0. The van der Waals surface area contributed by atoms with E-state index in [1.807, 2.05) is 37.3 Å². The fraction of sp³-hybridized carbons (Fsp3) is 0.568. The molecule has 266 valence electrons. The first-order valence-electron chi connectivity index (χ1n) is 16.5. The number of nitrogens with one attached hydrogen (secondary N) is 2. The van der Waals surface area contributed by atoms with Crippen molar-refractivity contribution in [1.82, 2.24) is 15.5 Å². The summed E-state index contributed by atoms with van der Waals surface area (Å²) in [6.45, 7) is 18.1. The molecule has 0 fully saturated rings. The van der Waals surface area contributed by atoms with Crippen molar-refractivity contribution < 1.29 is 33.8 Å². The number of thiol groups is 1. The molecule has 0 aromatic heterocycles. The van der Waals surface area contributed by atoms with E-state index < -0.39 is 59.2 Å². The van der Waals surface area contributed by atoms with Gasteiger partial charge in [0.1, 0.15) is 35.1 Å². The Balaban J connectivity index is 2.69. The zero-order valence-corrected chi connectivity index (χ0v) is 31.0. The van der Waals surface area contributed by atoms with Crippen LogP contribution in [0.4, 0.5) is 4.79 Å². The van der Waals surface area contributed by atoms with Gasteiger partial charge in [0.15, 0.2) is 0 Å². The van der Waals surface area contributed by atoms with Crippen molar-refractivity contribution in [2.45, 2.75) is 124 Å². The number of hydrogen-bond acceptors (Lipinski definition) is 8. The van der Waals surface area contributed by atoms with Crippen LogP contribution in [0.25, 0.3) is 0 Å². The van der Waals surface area contributed by atoms with E-state index in [1.54, 1.807) is 60.6 Å². The number of alkyl carbamates (subject to hydrolysis) is 1. The van der Waals surface area contributed by atoms with Crippen LogP contribution in [0.1, 0.15) is 97.9 Å². The molecule has 3 N–H and O–H groups in total. The van der Waals surface area contributed by atoms with Crippen molar-refractivity contribution >= 4 is 36.5 Å². The Morgan fingerprint density at radius 3 is 1.98 bits per heavy atom. The van der Waals surface area contributed by atoms with Crippen molar-refractivity contribution in [2.24, 2.45) is 5.92 Å². The van der Waals surface area contributed by atoms with Crippen molar-refractivity contribution in [3.05, 3.63) is 65.2 Å². The van der Waals surface area contributed by atoms with Crippen LogP contribution in [0.3, 0.4) is 0 Å². The number of ether oxygens (including phenoxy) is 2. The number of phenolic OH excluding ortho intramolecular Hbond substituents is 1. The van der Waals surface area contributed by atoms with Crippen LogP contribution < -0.4 is 10.6 Å². The molecular weight excluding hydrogens is 630 g/mol. The lowest BCUT2D eigenvalue weighted by Crippen LogP contribution is -2.57. The third kappa shape index (κ3) is 13.1. The fourth-order valence-corrected chi connectivity index (χ4v) is 5.33. The van der Waals surface area contributed by atoms with E-state index in [9.17, 15) is 24.3 Å². The van der Waals surface area contributed by atoms with Gasteiger partial charge in [-0.1, -0.05) is 50.2 Å². The summed E-state index contributed by atoms with van der Waals surface area (Å²) in [6, 6.07) is 10.0. The number of benzene rings is 2. The largest absolute Gasteiger partial charge is 0.508 e. The van der Waals surface area contributed by atoms with Crippen LogP contribution in [-0.4, -0.2) is 69.0 Å². The molecule has 0 aliphatic heterocycles. The highest BCUT2D eigenvalue weighted by Crippen LogP contribution is 2.31. The van der Waals surface area contributed by atoms with Gasteiger partial charge in [0.25, 0.3) is 0 Å². The zero-order chi connectivity index (χ0) is 36.4. The summed E-state index contributed by atoms with van der Waals surface area (Å²) < 4.78 is 11.1. The molecule has 2 aromatic carbocycles. The van der Waals surface area contributed by atoms with Crippen LogP contribution in [0.2, 0.25) is 0 Å². The van der Waals surface area contributed by atoms with Crippen LogP contribution in [-0.2, 0) is 30.3 Å². The van der Waals surface area contributed by atoms with Gasteiger partial charge >= 0.3 is 12.1 Å². The van der Waals surface area contributed by atoms with Crippen LogP contribution >= 0.6 is 12.6 Å². The fourth-order valence-electron chi connectivity index (χ4n) is 5.08. The third-order valence-corrected chi connectivity index (χ3v) is 7.78. The lowest BCUT2D eigenvalue weighted by molar-refractivity contribution is -0.159. The van der Waals surface area contributed by atoms with Gasteiger partial charge in [-0.05, 0) is 103 Å². The minimum atomic E-state index is -1.25. The van der Waals surface area contributed by atoms with Gasteiger partial charge in [-0.3, -0.25) is 9.59 Å². The number of rotatable bonds is 14. The molecule has 0 heterocycles. The zero-order valence-electron chi connectivity index (χ0n) is 30.1. The number of esters is 1. The summed E-state index contributed by atoms with van der Waals surface area (Å²) in [4.78, 5) is 56.9. The summed E-state index contributed by atoms with van der Waals surface area (Å²) >= 11 is 4.39. The first-order valence-corrected chi connectivity index (χ1v) is 17.1. The number of phenols is 1. The van der Waals surface area contributed by atoms with Gasteiger partial charge in [-0.2, -0.15) is 12.6 Å². The highest BCUT2D eigenvalue weighted by atomic mass is 32.1. The number of aromatic hydroxyl groups is 1. The van der Waals surface area contributed by atoms with Crippen molar-refractivity contribution in [3.63, 3.8) is 0 Å². The van der Waals surface area contributed by atoms with Crippen LogP contribution in [0, 0.1) is 12.8 Å². The molecule has 0 radical (unpaired) electrons. The number of aryl methyl sites for hydroxylation is 1. The molecule has 2 aromatic rings. The molecular formula is C37H55N3O7S. The van der Waals surface area contributed by atoms with E-state index in [0.29, 0.717) is 23.5 Å². The normalized spacial score (nSPS) is 14.3. The molecule has 11 heteroatoms. The Hall–Kier alpha value is -3.73. The lowest BCUT2D eigenvalue weighted by atomic mass is 9.95. The van der Waals surface area contributed by atoms with Gasteiger partial charge in [-0.25, -0.2) is 9.59 Å². The molecule has 4 unspecified atom stereocenters. The second-order valence-corrected chi connectivity index (χ2v) is 15.0. The average Bonchev–Trinajstić information content (AvgIpc) is 2.96. The third-order valence-electron chi connectivity index (χ3n) is 7.42. The quantitative estimate of drug-likeness (QED) is 0.136. The van der Waals surface area contributed by atoms with E-state index in [2.05, 4.69) is 37.1 Å². The summed E-state index contributed by atoms with van der Waals surface area (Å²) in [5.41, 5.74) is 0.106. The summed E-state index contributed by atoms with van der Waals surface area (Å²) in [5, 5.41) is 15.9. The molecule has 2 rings (SSSR count). The minimum Gasteiger partial charge on any atom is -0.508 e. The van der Waals surface area contributed by atoms with Gasteiger partial charge in [0, 0.05) is 18.2 Å². The first kappa shape index (κ1) is 40.4. The Morgan fingerprint density at radius 2 is 1.46 bits per heavy atom. The van der Waals surface area contributed by atoms with Crippen LogP contribution in [0.5, 0.6) is 5.75 Å². The highest BCUT2D eigenvalue weighted by molar-refractivity contribution is 7.80. The van der Waals surface area contributed by atoms with E-state index in [1.165, 1.54) is 11.0 Å². The Bertz CT molecular complexity index is 1390.